The summed E-state index contributed by atoms with van der Waals surface area (Å²) in [6.45, 7) is 4.04. The summed E-state index contributed by atoms with van der Waals surface area (Å²) < 4.78 is 0. The number of nitriles is 1. The molecule has 0 saturated carbocycles. The van der Waals surface area contributed by atoms with Gasteiger partial charge >= 0.3 is 6.03 Å². The van der Waals surface area contributed by atoms with E-state index < -0.39 is 17.5 Å². The molecule has 5 N–H and O–H groups in total. The van der Waals surface area contributed by atoms with Crippen LogP contribution in [0.2, 0.25) is 0 Å². The zero-order valence-corrected chi connectivity index (χ0v) is 16.9. The van der Waals surface area contributed by atoms with Crippen LogP contribution in [0.3, 0.4) is 0 Å². The monoisotopic (exact) mass is 396 g/mol. The molecular weight excluding hydrogens is 368 g/mol. The normalized spacial score (nSPS) is 14.9. The van der Waals surface area contributed by atoms with E-state index in [0.717, 1.165) is 24.8 Å². The van der Waals surface area contributed by atoms with Crippen LogP contribution < -0.4 is 16.4 Å². The zero-order chi connectivity index (χ0) is 21.3. The minimum Gasteiger partial charge on any atom is -0.352 e. The van der Waals surface area contributed by atoms with E-state index in [0.29, 0.717) is 0 Å². The lowest BCUT2D eigenvalue weighted by atomic mass is 9.90. The van der Waals surface area contributed by atoms with Crippen molar-refractivity contribution in [2.24, 2.45) is 5.73 Å². The smallest absolute Gasteiger partial charge is 0.312 e. The lowest BCUT2D eigenvalue weighted by Crippen LogP contribution is -2.47. The van der Waals surface area contributed by atoms with E-state index in [1.54, 1.807) is 6.08 Å². The Morgan fingerprint density at radius 3 is 2.83 bits per heavy atom. The number of imidazole rings is 1. The van der Waals surface area contributed by atoms with E-state index in [9.17, 15) is 9.59 Å². The highest BCUT2D eigenvalue weighted by molar-refractivity contribution is 5.90. The number of H-pyrrole nitrogens is 1. The third-order valence-electron chi connectivity index (χ3n) is 4.72. The molecule has 0 atom stereocenters. The number of rotatable bonds is 8. The summed E-state index contributed by atoms with van der Waals surface area (Å²) >= 11 is 0. The molecule has 3 amide bonds. The molecule has 0 saturated heterocycles. The third-order valence-corrected chi connectivity index (χ3v) is 4.72. The SMILES string of the molecule is CC(C)(NC(N)=O)C(/C=C\CNC(=O)c1ncc(C#N)[nH]1)=C/CC1=CCCCC1. The van der Waals surface area contributed by atoms with Crippen molar-refractivity contribution in [1.29, 1.82) is 5.26 Å². The summed E-state index contributed by atoms with van der Waals surface area (Å²) in [5.74, 6) is -0.311. The maximum atomic E-state index is 12.0. The standard InChI is InChI=1S/C21H28N6O2/c1-21(2,27-20(23)29)16(11-10-15-7-4-3-5-8-15)9-6-12-24-19(28)18-25-14-17(13-22)26-18/h6-7,9,11,14H,3-5,8,10,12H2,1-2H3,(H,24,28)(H,25,26)(H3,23,27,29)/b9-6-,16-11+. The van der Waals surface area contributed by atoms with E-state index >= 15 is 0 Å². The summed E-state index contributed by atoms with van der Waals surface area (Å²) in [5, 5.41) is 14.2. The maximum Gasteiger partial charge on any atom is 0.312 e. The molecular formula is C21H28N6O2. The van der Waals surface area contributed by atoms with Crippen LogP contribution >= 0.6 is 0 Å². The van der Waals surface area contributed by atoms with E-state index in [1.807, 2.05) is 26.0 Å². The van der Waals surface area contributed by atoms with Crippen molar-refractivity contribution in [2.45, 2.75) is 51.5 Å². The number of hydrogen-bond donors (Lipinski definition) is 4. The molecule has 1 aromatic rings. The Hall–Kier alpha value is -3.34. The van der Waals surface area contributed by atoms with Crippen molar-refractivity contribution in [1.82, 2.24) is 20.6 Å². The topological polar surface area (TPSA) is 137 Å². The fraction of sp³-hybridized carbons (Fsp3) is 0.429. The summed E-state index contributed by atoms with van der Waals surface area (Å²) in [6, 6.07) is 1.30. The first-order valence-electron chi connectivity index (χ1n) is 9.68. The summed E-state index contributed by atoms with van der Waals surface area (Å²) in [5.41, 5.74) is 7.21. The molecule has 1 aliphatic rings. The fourth-order valence-electron chi connectivity index (χ4n) is 3.16. The lowest BCUT2D eigenvalue weighted by Gasteiger charge is -2.27. The van der Waals surface area contributed by atoms with Crippen molar-refractivity contribution >= 4 is 11.9 Å². The second-order valence-corrected chi connectivity index (χ2v) is 7.46. The van der Waals surface area contributed by atoms with Crippen molar-refractivity contribution in [3.8, 4) is 6.07 Å². The Labute approximate surface area is 171 Å². The van der Waals surface area contributed by atoms with Crippen molar-refractivity contribution < 1.29 is 9.59 Å². The number of allylic oxidation sites excluding steroid dienone is 3. The van der Waals surface area contributed by atoms with E-state index in [2.05, 4.69) is 32.8 Å². The largest absolute Gasteiger partial charge is 0.352 e. The number of carbonyl (C=O) groups is 2. The Balaban J connectivity index is 2.03. The molecule has 2 rings (SSSR count). The average Bonchev–Trinajstić information content (AvgIpc) is 3.16. The zero-order valence-electron chi connectivity index (χ0n) is 16.9. The van der Waals surface area contributed by atoms with Crippen LogP contribution in [0.4, 0.5) is 4.79 Å². The first kappa shape index (κ1) is 22.0. The molecule has 1 heterocycles. The van der Waals surface area contributed by atoms with E-state index in [4.69, 9.17) is 11.0 Å². The number of aromatic nitrogens is 2. The first-order chi connectivity index (χ1) is 13.8. The minimum atomic E-state index is -0.649. The second-order valence-electron chi connectivity index (χ2n) is 7.46. The van der Waals surface area contributed by atoms with Crippen molar-refractivity contribution in [3.05, 3.63) is 53.2 Å². The van der Waals surface area contributed by atoms with Gasteiger partial charge < -0.3 is 21.4 Å². The number of amides is 3. The summed E-state index contributed by atoms with van der Waals surface area (Å²) in [7, 11) is 0. The molecule has 0 spiro atoms. The lowest BCUT2D eigenvalue weighted by molar-refractivity contribution is 0.0948. The van der Waals surface area contributed by atoms with Gasteiger partial charge in [-0.3, -0.25) is 4.79 Å². The molecule has 0 fully saturated rings. The Bertz CT molecular complexity index is 870. The van der Waals surface area contributed by atoms with Gasteiger partial charge in [-0.25, -0.2) is 9.78 Å². The predicted octanol–water partition coefficient (Wildman–Crippen LogP) is 2.83. The summed E-state index contributed by atoms with van der Waals surface area (Å²) in [4.78, 5) is 29.9. The van der Waals surface area contributed by atoms with Gasteiger partial charge in [0.25, 0.3) is 5.91 Å². The van der Waals surface area contributed by atoms with Gasteiger partial charge in [0.1, 0.15) is 11.8 Å². The summed E-state index contributed by atoms with van der Waals surface area (Å²) in [6.07, 6.45) is 14.8. The minimum absolute atomic E-state index is 0.0886. The van der Waals surface area contributed by atoms with Crippen LogP contribution in [0.15, 0.2) is 41.6 Å². The number of nitrogens with one attached hydrogen (secondary N) is 3. The van der Waals surface area contributed by atoms with Crippen LogP contribution in [-0.4, -0.2) is 34.0 Å². The highest BCUT2D eigenvalue weighted by Gasteiger charge is 2.22. The number of hydrogen-bond acceptors (Lipinski definition) is 4. The Morgan fingerprint density at radius 2 is 2.21 bits per heavy atom. The number of primary amides is 1. The molecule has 1 aromatic heterocycles. The van der Waals surface area contributed by atoms with Gasteiger partial charge in [0.15, 0.2) is 5.82 Å². The first-order valence-corrected chi connectivity index (χ1v) is 9.68. The van der Waals surface area contributed by atoms with Gasteiger partial charge in [-0.05, 0) is 51.5 Å². The maximum absolute atomic E-state index is 12.0. The molecule has 0 aromatic carbocycles. The molecule has 1 aliphatic carbocycles. The van der Waals surface area contributed by atoms with Crippen LogP contribution in [0.1, 0.15) is 62.3 Å². The van der Waals surface area contributed by atoms with Gasteiger partial charge in [0, 0.05) is 6.54 Å². The number of urea groups is 1. The van der Waals surface area contributed by atoms with Crippen LogP contribution in [0, 0.1) is 11.3 Å². The molecule has 154 valence electrons. The van der Waals surface area contributed by atoms with Crippen molar-refractivity contribution in [3.63, 3.8) is 0 Å². The van der Waals surface area contributed by atoms with Crippen LogP contribution in [0.5, 0.6) is 0 Å². The molecule has 0 aliphatic heterocycles. The van der Waals surface area contributed by atoms with Crippen molar-refractivity contribution in [2.75, 3.05) is 6.54 Å². The predicted molar refractivity (Wildman–Crippen MR) is 111 cm³/mol. The van der Waals surface area contributed by atoms with Crippen LogP contribution in [-0.2, 0) is 0 Å². The third kappa shape index (κ3) is 6.96. The van der Waals surface area contributed by atoms with E-state index in [1.165, 1.54) is 24.6 Å². The second kappa shape index (κ2) is 10.3. The van der Waals surface area contributed by atoms with E-state index in [-0.39, 0.29) is 18.1 Å². The van der Waals surface area contributed by atoms with Gasteiger partial charge in [0.05, 0.1) is 11.7 Å². The number of aromatic amines is 1. The molecule has 29 heavy (non-hydrogen) atoms. The van der Waals surface area contributed by atoms with Gasteiger partial charge in [0.2, 0.25) is 0 Å². The highest BCUT2D eigenvalue weighted by Crippen LogP contribution is 2.24. The van der Waals surface area contributed by atoms with Gasteiger partial charge in [-0.1, -0.05) is 29.9 Å². The number of nitrogens with zero attached hydrogens (tertiary/aromatic N) is 2. The molecule has 8 nitrogen and oxygen atoms in total. The Morgan fingerprint density at radius 1 is 1.41 bits per heavy atom. The molecule has 0 bridgehead atoms. The average molecular weight is 396 g/mol. The quantitative estimate of drug-likeness (QED) is 0.396. The molecule has 8 heteroatoms. The van der Waals surface area contributed by atoms with Crippen LogP contribution in [0.25, 0.3) is 0 Å². The van der Waals surface area contributed by atoms with Gasteiger partial charge in [-0.2, -0.15) is 5.26 Å². The Kier molecular flexibility index (Phi) is 7.78. The number of carbonyl (C=O) groups excluding carboxylic acids is 2. The highest BCUT2D eigenvalue weighted by atomic mass is 16.2. The molecule has 0 unspecified atom stereocenters. The molecule has 0 radical (unpaired) electrons. The fourth-order valence-corrected chi connectivity index (χ4v) is 3.16. The number of nitrogens with two attached hydrogens (primary N) is 1. The van der Waals surface area contributed by atoms with Gasteiger partial charge in [-0.15, -0.1) is 0 Å².